The highest BCUT2D eigenvalue weighted by atomic mass is 127. The molecule has 3 aromatic rings. The van der Waals surface area contributed by atoms with Gasteiger partial charge in [-0.3, -0.25) is 5.10 Å². The average molecular weight is 518 g/mol. The van der Waals surface area contributed by atoms with E-state index in [1.54, 1.807) is 0 Å². The standard InChI is InChI=1S/C18H17F3N6O.HI/c19-18(20,21)28-15-6-4-12(5-7-15)9-23-17(22)24-10-13-2-1-3-14(8-13)16-25-11-26-27-16;/h1-8,11H,9-10H2,(H3,22,23,24)(H,25,26,27);1H. The molecule has 0 amide bonds. The van der Waals surface area contributed by atoms with Gasteiger partial charge in [-0.1, -0.05) is 30.3 Å². The summed E-state index contributed by atoms with van der Waals surface area (Å²) in [6, 6.07) is 13.1. The van der Waals surface area contributed by atoms with Crippen LogP contribution in [0, 0.1) is 0 Å². The first-order valence-corrected chi connectivity index (χ1v) is 8.22. The molecule has 0 aliphatic rings. The second-order valence-electron chi connectivity index (χ2n) is 5.78. The first-order valence-electron chi connectivity index (χ1n) is 8.22. The summed E-state index contributed by atoms with van der Waals surface area (Å²) in [4.78, 5) is 8.36. The zero-order valence-corrected chi connectivity index (χ0v) is 17.3. The molecule has 0 aliphatic heterocycles. The maximum atomic E-state index is 12.2. The number of nitrogens with one attached hydrogen (secondary N) is 2. The first-order chi connectivity index (χ1) is 13.4. The molecule has 0 radical (unpaired) electrons. The molecular weight excluding hydrogens is 500 g/mol. The molecule has 11 heteroatoms. The summed E-state index contributed by atoms with van der Waals surface area (Å²) in [6.45, 7) is 0.679. The molecule has 0 saturated heterocycles. The summed E-state index contributed by atoms with van der Waals surface area (Å²) in [6.07, 6.45) is -3.27. The number of nitrogens with zero attached hydrogens (tertiary/aromatic N) is 3. The Balaban J connectivity index is 0.00000300. The Bertz CT molecular complexity index is 930. The molecule has 0 spiro atoms. The van der Waals surface area contributed by atoms with Crippen LogP contribution < -0.4 is 15.8 Å². The van der Waals surface area contributed by atoms with Crippen LogP contribution in [0.2, 0.25) is 0 Å². The summed E-state index contributed by atoms with van der Waals surface area (Å²) in [5.74, 6) is 0.611. The van der Waals surface area contributed by atoms with Gasteiger partial charge in [-0.2, -0.15) is 5.10 Å². The minimum atomic E-state index is -4.71. The van der Waals surface area contributed by atoms with Crippen molar-refractivity contribution in [1.29, 1.82) is 0 Å². The summed E-state index contributed by atoms with van der Waals surface area (Å²) in [5.41, 5.74) is 8.41. The summed E-state index contributed by atoms with van der Waals surface area (Å²) >= 11 is 0. The maximum Gasteiger partial charge on any atom is 0.573 e. The summed E-state index contributed by atoms with van der Waals surface area (Å²) < 4.78 is 40.3. The van der Waals surface area contributed by atoms with Crippen LogP contribution in [0.1, 0.15) is 11.1 Å². The van der Waals surface area contributed by atoms with Crippen molar-refractivity contribution >= 4 is 29.9 Å². The van der Waals surface area contributed by atoms with Crippen LogP contribution in [0.15, 0.2) is 59.9 Å². The fraction of sp³-hybridized carbons (Fsp3) is 0.167. The van der Waals surface area contributed by atoms with E-state index in [1.165, 1.54) is 30.6 Å². The number of benzene rings is 2. The molecular formula is C18H18F3IN6O. The number of hydrogen-bond donors (Lipinski definition) is 3. The molecule has 0 unspecified atom stereocenters. The SMILES string of the molecule is I.NC(=NCc1cccc(-c2ncn[nH]2)c1)NCc1ccc(OC(F)(F)F)cc1. The van der Waals surface area contributed by atoms with E-state index in [0.717, 1.165) is 16.7 Å². The number of nitrogens with two attached hydrogens (primary N) is 1. The van der Waals surface area contributed by atoms with Crippen LogP contribution in [0.4, 0.5) is 13.2 Å². The topological polar surface area (TPSA) is 101 Å². The minimum Gasteiger partial charge on any atom is -0.406 e. The third kappa shape index (κ3) is 7.25. The van der Waals surface area contributed by atoms with Gasteiger partial charge in [0.25, 0.3) is 0 Å². The number of alkyl halides is 3. The van der Waals surface area contributed by atoms with Crippen LogP contribution >= 0.6 is 24.0 Å². The number of hydrogen-bond acceptors (Lipinski definition) is 4. The van der Waals surface area contributed by atoms with Crippen LogP contribution in [0.3, 0.4) is 0 Å². The normalized spacial score (nSPS) is 11.6. The molecule has 2 aromatic carbocycles. The van der Waals surface area contributed by atoms with Gasteiger partial charge in [0.15, 0.2) is 11.8 Å². The molecule has 154 valence electrons. The average Bonchev–Trinajstić information content (AvgIpc) is 3.20. The largest absolute Gasteiger partial charge is 0.573 e. The molecule has 0 bridgehead atoms. The number of aromatic nitrogens is 3. The van der Waals surface area contributed by atoms with Crippen molar-refractivity contribution < 1.29 is 17.9 Å². The number of guanidine groups is 1. The van der Waals surface area contributed by atoms with Gasteiger partial charge in [0.1, 0.15) is 12.1 Å². The number of ether oxygens (including phenoxy) is 1. The minimum absolute atomic E-state index is 0. The van der Waals surface area contributed by atoms with Gasteiger partial charge in [-0.05, 0) is 29.3 Å². The fourth-order valence-electron chi connectivity index (χ4n) is 2.40. The van der Waals surface area contributed by atoms with Gasteiger partial charge in [0.05, 0.1) is 6.54 Å². The highest BCUT2D eigenvalue weighted by Crippen LogP contribution is 2.22. The van der Waals surface area contributed by atoms with E-state index in [-0.39, 0.29) is 35.7 Å². The molecule has 0 saturated carbocycles. The van der Waals surface area contributed by atoms with Gasteiger partial charge in [-0.25, -0.2) is 9.98 Å². The first kappa shape index (κ1) is 22.5. The van der Waals surface area contributed by atoms with Gasteiger partial charge < -0.3 is 15.8 Å². The highest BCUT2D eigenvalue weighted by Gasteiger charge is 2.30. The van der Waals surface area contributed by atoms with Crippen LogP contribution in [0.25, 0.3) is 11.4 Å². The molecule has 1 heterocycles. The molecule has 3 rings (SSSR count). The Hall–Kier alpha value is -2.83. The van der Waals surface area contributed by atoms with Crippen molar-refractivity contribution in [2.45, 2.75) is 19.5 Å². The van der Waals surface area contributed by atoms with E-state index >= 15 is 0 Å². The Morgan fingerprint density at radius 2 is 1.90 bits per heavy atom. The molecule has 29 heavy (non-hydrogen) atoms. The van der Waals surface area contributed by atoms with Crippen LogP contribution in [-0.2, 0) is 13.1 Å². The predicted molar refractivity (Wildman–Crippen MR) is 113 cm³/mol. The smallest absolute Gasteiger partial charge is 0.406 e. The second-order valence-corrected chi connectivity index (χ2v) is 5.78. The Kier molecular flexibility index (Phi) is 7.82. The summed E-state index contributed by atoms with van der Waals surface area (Å²) in [5, 5.41) is 9.53. The monoisotopic (exact) mass is 518 g/mol. The van der Waals surface area contributed by atoms with Crippen molar-refractivity contribution in [3.8, 4) is 17.1 Å². The van der Waals surface area contributed by atoms with Crippen molar-refractivity contribution in [3.63, 3.8) is 0 Å². The van der Waals surface area contributed by atoms with Crippen LogP contribution in [0.5, 0.6) is 5.75 Å². The fourth-order valence-corrected chi connectivity index (χ4v) is 2.40. The lowest BCUT2D eigenvalue weighted by atomic mass is 10.1. The van der Waals surface area contributed by atoms with E-state index < -0.39 is 6.36 Å². The zero-order chi connectivity index (χ0) is 20.0. The van der Waals surface area contributed by atoms with Gasteiger partial charge in [-0.15, -0.1) is 37.1 Å². The van der Waals surface area contributed by atoms with Gasteiger partial charge in [0, 0.05) is 12.1 Å². The third-order valence-electron chi connectivity index (χ3n) is 3.68. The lowest BCUT2D eigenvalue weighted by Crippen LogP contribution is -2.31. The van der Waals surface area contributed by atoms with Crippen molar-refractivity contribution in [1.82, 2.24) is 20.5 Å². The van der Waals surface area contributed by atoms with E-state index in [4.69, 9.17) is 5.73 Å². The zero-order valence-electron chi connectivity index (χ0n) is 15.0. The molecule has 0 atom stereocenters. The molecule has 0 fully saturated rings. The van der Waals surface area contributed by atoms with Gasteiger partial charge in [0.2, 0.25) is 0 Å². The van der Waals surface area contributed by atoms with Crippen molar-refractivity contribution in [3.05, 3.63) is 66.0 Å². The lowest BCUT2D eigenvalue weighted by Gasteiger charge is -2.10. The second kappa shape index (κ2) is 10.1. The van der Waals surface area contributed by atoms with E-state index in [9.17, 15) is 13.2 Å². The predicted octanol–water partition coefficient (Wildman–Crippen LogP) is 3.59. The Morgan fingerprint density at radius 1 is 1.14 bits per heavy atom. The number of aromatic amines is 1. The number of H-pyrrole nitrogens is 1. The Labute approximate surface area is 181 Å². The molecule has 4 N–H and O–H groups in total. The lowest BCUT2D eigenvalue weighted by molar-refractivity contribution is -0.274. The summed E-state index contributed by atoms with van der Waals surface area (Å²) in [7, 11) is 0. The molecule has 7 nitrogen and oxygen atoms in total. The number of aliphatic imine (C=N–C) groups is 1. The molecule has 1 aromatic heterocycles. The third-order valence-corrected chi connectivity index (χ3v) is 3.68. The van der Waals surface area contributed by atoms with E-state index in [1.807, 2.05) is 24.3 Å². The van der Waals surface area contributed by atoms with Gasteiger partial charge >= 0.3 is 6.36 Å². The van der Waals surface area contributed by atoms with Crippen molar-refractivity contribution in [2.24, 2.45) is 10.7 Å². The molecule has 0 aliphatic carbocycles. The van der Waals surface area contributed by atoms with Crippen molar-refractivity contribution in [2.75, 3.05) is 0 Å². The number of rotatable bonds is 6. The van der Waals surface area contributed by atoms with E-state index in [0.29, 0.717) is 18.9 Å². The number of halogens is 4. The van der Waals surface area contributed by atoms with Crippen LogP contribution in [-0.4, -0.2) is 27.5 Å². The highest BCUT2D eigenvalue weighted by molar-refractivity contribution is 14.0. The maximum absolute atomic E-state index is 12.2. The Morgan fingerprint density at radius 3 is 2.55 bits per heavy atom. The van der Waals surface area contributed by atoms with E-state index in [2.05, 4.69) is 30.2 Å². The quantitative estimate of drug-likeness (QED) is 0.263.